The first-order valence-electron chi connectivity index (χ1n) is 6.99. The molecule has 0 unspecified atom stereocenters. The van der Waals surface area contributed by atoms with Crippen molar-refractivity contribution in [3.05, 3.63) is 78.5 Å². The van der Waals surface area contributed by atoms with Crippen molar-refractivity contribution < 1.29 is 20.1 Å². The van der Waals surface area contributed by atoms with Crippen molar-refractivity contribution in [1.82, 2.24) is 4.98 Å². The minimum atomic E-state index is 0. The van der Waals surface area contributed by atoms with Gasteiger partial charge in [0.05, 0.1) is 5.69 Å². The van der Waals surface area contributed by atoms with Crippen LogP contribution >= 0.6 is 0 Å². The summed E-state index contributed by atoms with van der Waals surface area (Å²) < 4.78 is 0. The van der Waals surface area contributed by atoms with Crippen LogP contribution in [0.15, 0.2) is 72.9 Å². The van der Waals surface area contributed by atoms with Crippen LogP contribution in [0.3, 0.4) is 0 Å². The summed E-state index contributed by atoms with van der Waals surface area (Å²) in [5, 5.41) is 0. The molecule has 0 radical (unpaired) electrons. The van der Waals surface area contributed by atoms with Gasteiger partial charge in [-0.15, -0.1) is 0 Å². The average molecular weight is 452 g/mol. The van der Waals surface area contributed by atoms with Crippen LogP contribution in [0.4, 0.5) is 0 Å². The third-order valence-electron chi connectivity index (χ3n) is 3.55. The number of rotatable bonds is 3. The van der Waals surface area contributed by atoms with E-state index >= 15 is 0 Å². The second kappa shape index (κ2) is 7.31. The van der Waals surface area contributed by atoms with Gasteiger partial charge in [-0.25, -0.2) is 0 Å². The Labute approximate surface area is 139 Å². The van der Waals surface area contributed by atoms with Crippen LogP contribution in [-0.2, 0) is 26.5 Å². The van der Waals surface area contributed by atoms with Crippen LogP contribution in [0.1, 0.15) is 12.5 Å². The molecule has 3 rings (SSSR count). The van der Waals surface area contributed by atoms with Crippen LogP contribution in [0.5, 0.6) is 0 Å². The third kappa shape index (κ3) is 3.29. The van der Waals surface area contributed by atoms with Crippen molar-refractivity contribution in [3.63, 3.8) is 0 Å². The van der Waals surface area contributed by atoms with Crippen molar-refractivity contribution in [2.24, 2.45) is 0 Å². The number of hydrogen-bond acceptors (Lipinski definition) is 1. The van der Waals surface area contributed by atoms with Crippen LogP contribution in [0, 0.1) is 0 Å². The predicted octanol–water partition coefficient (Wildman–Crippen LogP) is 4.98. The quantitative estimate of drug-likeness (QED) is 0.548. The molecule has 0 N–H and O–H groups in total. The van der Waals surface area contributed by atoms with Crippen molar-refractivity contribution >= 4 is 0 Å². The molecule has 0 amide bonds. The fourth-order valence-corrected chi connectivity index (χ4v) is 2.53. The summed E-state index contributed by atoms with van der Waals surface area (Å²) in [4.78, 5) is 4.63. The normalized spacial score (nSPS) is 9.95. The summed E-state index contributed by atoms with van der Waals surface area (Å²) in [7, 11) is 0. The van der Waals surface area contributed by atoms with Crippen molar-refractivity contribution in [1.29, 1.82) is 0 Å². The van der Waals surface area contributed by atoms with E-state index in [9.17, 15) is 0 Å². The first-order valence-corrected chi connectivity index (χ1v) is 6.99. The summed E-state index contributed by atoms with van der Waals surface area (Å²) in [6.07, 6.45) is 2.88. The summed E-state index contributed by atoms with van der Waals surface area (Å²) in [5.74, 6) is 0. The number of aromatic nitrogens is 1. The van der Waals surface area contributed by atoms with Gasteiger partial charge in [-0.2, -0.15) is 0 Å². The maximum atomic E-state index is 4.63. The number of pyridine rings is 1. The van der Waals surface area contributed by atoms with E-state index in [-0.39, 0.29) is 20.1 Å². The van der Waals surface area contributed by atoms with Crippen molar-refractivity contribution in [3.8, 4) is 22.4 Å². The van der Waals surface area contributed by atoms with E-state index in [1.807, 2.05) is 18.3 Å². The minimum absolute atomic E-state index is 0. The van der Waals surface area contributed by atoms with E-state index in [1.54, 1.807) is 0 Å². The topological polar surface area (TPSA) is 12.9 Å². The van der Waals surface area contributed by atoms with Gasteiger partial charge in [0.1, 0.15) is 0 Å². The minimum Gasteiger partial charge on any atom is -0.256 e. The summed E-state index contributed by atoms with van der Waals surface area (Å²) >= 11 is 0. The van der Waals surface area contributed by atoms with Crippen LogP contribution in [-0.4, -0.2) is 4.98 Å². The largest absolute Gasteiger partial charge is 3.00 e. The molecule has 0 saturated carbocycles. The van der Waals surface area contributed by atoms with Gasteiger partial charge in [0, 0.05) is 17.3 Å². The Balaban J connectivity index is 0.00000161. The van der Waals surface area contributed by atoms with Crippen LogP contribution in [0.2, 0.25) is 0 Å². The summed E-state index contributed by atoms with van der Waals surface area (Å²) in [5.41, 5.74) is 6.03. The van der Waals surface area contributed by atoms with Gasteiger partial charge in [0.25, 0.3) is 0 Å². The van der Waals surface area contributed by atoms with Gasteiger partial charge >= 0.3 is 20.1 Å². The number of aryl methyl sites for hydroxylation is 1. The molecule has 0 aliphatic rings. The zero-order chi connectivity index (χ0) is 13.8. The molecule has 0 atom stereocenters. The molecule has 1 aromatic heterocycles. The molecule has 3 aromatic rings. The molecule has 2 aromatic carbocycles. The van der Waals surface area contributed by atoms with E-state index in [1.165, 1.54) is 22.3 Å². The van der Waals surface area contributed by atoms with Gasteiger partial charge < -0.3 is 0 Å². The molecule has 1 nitrogen and oxygen atoms in total. The Morgan fingerprint density at radius 2 is 1.43 bits per heavy atom. The second-order valence-corrected chi connectivity index (χ2v) is 4.78. The predicted molar refractivity (Wildman–Crippen MR) is 84.5 cm³/mol. The average Bonchev–Trinajstić information content (AvgIpc) is 2.55. The molecule has 21 heavy (non-hydrogen) atoms. The van der Waals surface area contributed by atoms with Gasteiger partial charge in [-0.3, -0.25) is 4.98 Å². The van der Waals surface area contributed by atoms with E-state index in [4.69, 9.17) is 0 Å². The molecule has 0 bridgehead atoms. The van der Waals surface area contributed by atoms with Gasteiger partial charge in [0.2, 0.25) is 0 Å². The fourth-order valence-electron chi connectivity index (χ4n) is 2.53. The maximum absolute atomic E-state index is 4.63. The van der Waals surface area contributed by atoms with E-state index in [2.05, 4.69) is 66.5 Å². The monoisotopic (exact) mass is 452 g/mol. The molecular weight excluding hydrogens is 434 g/mol. The molecule has 0 fully saturated rings. The fraction of sp³-hybridized carbons (Fsp3) is 0.105. The third-order valence-corrected chi connectivity index (χ3v) is 3.55. The molecule has 1 heterocycles. The van der Waals surface area contributed by atoms with Crippen molar-refractivity contribution in [2.75, 3.05) is 0 Å². The van der Waals surface area contributed by atoms with Gasteiger partial charge in [-0.1, -0.05) is 67.6 Å². The summed E-state index contributed by atoms with van der Waals surface area (Å²) in [6.45, 7) is 2.18. The maximum Gasteiger partial charge on any atom is 3.00 e. The zero-order valence-corrected chi connectivity index (χ0v) is 14.3. The summed E-state index contributed by atoms with van der Waals surface area (Å²) in [6, 6.07) is 23.1. The Hall–Kier alpha value is -1.76. The number of benzene rings is 2. The Morgan fingerprint density at radius 3 is 2.19 bits per heavy atom. The molecule has 104 valence electrons. The second-order valence-electron chi connectivity index (χ2n) is 4.78. The first-order chi connectivity index (χ1) is 9.90. The molecular formula is C19H17IrN+3. The molecule has 0 aliphatic heterocycles. The Bertz CT molecular complexity index is 708. The van der Waals surface area contributed by atoms with Gasteiger partial charge in [0.15, 0.2) is 0 Å². The molecule has 0 saturated heterocycles. The standard InChI is InChI=1S/C19H17N.Ir/c1-2-15-9-6-7-12-17(15)19-18(13-8-14-20-19)16-10-4-3-5-11-16;/h3-14H,2H2,1H3;/q;+3. The number of hydrogen-bond donors (Lipinski definition) is 0. The van der Waals surface area contributed by atoms with E-state index in [0.29, 0.717) is 0 Å². The Kier molecular flexibility index (Phi) is 5.44. The smallest absolute Gasteiger partial charge is 0.256 e. The van der Waals surface area contributed by atoms with Gasteiger partial charge in [-0.05, 0) is 23.6 Å². The molecule has 2 heteroatoms. The molecule has 0 aliphatic carbocycles. The van der Waals surface area contributed by atoms with Crippen molar-refractivity contribution in [2.45, 2.75) is 13.3 Å². The van der Waals surface area contributed by atoms with E-state index < -0.39 is 0 Å². The van der Waals surface area contributed by atoms with Crippen LogP contribution in [0.25, 0.3) is 22.4 Å². The first kappa shape index (κ1) is 15.6. The molecule has 0 spiro atoms. The zero-order valence-electron chi connectivity index (χ0n) is 11.9. The van der Waals surface area contributed by atoms with Crippen LogP contribution < -0.4 is 0 Å². The SMILES string of the molecule is CCc1ccccc1-c1ncccc1-c1ccccc1.[Ir+3]. The Morgan fingerprint density at radius 1 is 0.762 bits per heavy atom. The van der Waals surface area contributed by atoms with E-state index in [0.717, 1.165) is 12.1 Å². The number of nitrogens with zero attached hydrogens (tertiary/aromatic N) is 1.